The molecule has 0 aromatic heterocycles. The number of nitrogens with zero attached hydrogens (tertiary/aromatic N) is 1. The van der Waals surface area contributed by atoms with E-state index in [0.717, 1.165) is 51.3 Å². The lowest BCUT2D eigenvalue weighted by Crippen LogP contribution is -2.46. The average molecular weight is 332 g/mol. The largest absolute Gasteiger partial charge is 0.496 e. The first-order valence-electron chi connectivity index (χ1n) is 8.97. The third-order valence-electron chi connectivity index (χ3n) is 5.09. The summed E-state index contributed by atoms with van der Waals surface area (Å²) in [6.45, 7) is 3.98. The molecule has 2 saturated heterocycles. The van der Waals surface area contributed by atoms with Crippen LogP contribution in [0.2, 0.25) is 0 Å². The molecule has 0 bridgehead atoms. The van der Waals surface area contributed by atoms with E-state index in [-0.39, 0.29) is 11.9 Å². The van der Waals surface area contributed by atoms with Gasteiger partial charge in [0.15, 0.2) is 0 Å². The summed E-state index contributed by atoms with van der Waals surface area (Å²) in [6.07, 6.45) is 3.72. The van der Waals surface area contributed by atoms with Crippen molar-refractivity contribution in [2.45, 2.75) is 31.7 Å². The molecule has 132 valence electrons. The highest BCUT2D eigenvalue weighted by Gasteiger charge is 2.26. The monoisotopic (exact) mass is 332 g/mol. The normalized spacial score (nSPS) is 22.4. The third-order valence-corrected chi connectivity index (χ3v) is 5.09. The van der Waals surface area contributed by atoms with Crippen molar-refractivity contribution in [3.05, 3.63) is 29.8 Å². The van der Waals surface area contributed by atoms with Crippen LogP contribution in [0.25, 0.3) is 0 Å². The SMILES string of the molecule is COc1ccccc1CC1CCN(C(=O)CC2COCCN2)CC1. The van der Waals surface area contributed by atoms with Crippen LogP contribution in [0, 0.1) is 5.92 Å². The number of amides is 1. The van der Waals surface area contributed by atoms with Crippen LogP contribution >= 0.6 is 0 Å². The molecule has 2 aliphatic rings. The lowest BCUT2D eigenvalue weighted by Gasteiger charge is -2.34. The van der Waals surface area contributed by atoms with Gasteiger partial charge in [-0.3, -0.25) is 4.79 Å². The summed E-state index contributed by atoms with van der Waals surface area (Å²) >= 11 is 0. The van der Waals surface area contributed by atoms with Crippen LogP contribution in [0.3, 0.4) is 0 Å². The standard InChI is InChI=1S/C19H28N2O3/c1-23-18-5-3-2-4-16(18)12-15-6-9-21(10-7-15)19(22)13-17-14-24-11-8-20-17/h2-5,15,17,20H,6-14H2,1H3. The van der Waals surface area contributed by atoms with Crippen LogP contribution in [-0.4, -0.2) is 56.8 Å². The van der Waals surface area contributed by atoms with Crippen molar-refractivity contribution < 1.29 is 14.3 Å². The van der Waals surface area contributed by atoms with E-state index < -0.39 is 0 Å². The Morgan fingerprint density at radius 1 is 1.33 bits per heavy atom. The summed E-state index contributed by atoms with van der Waals surface area (Å²) in [5, 5.41) is 3.36. The van der Waals surface area contributed by atoms with Crippen LogP contribution < -0.4 is 10.1 Å². The maximum atomic E-state index is 12.4. The topological polar surface area (TPSA) is 50.8 Å². The van der Waals surface area contributed by atoms with Gasteiger partial charge in [-0.25, -0.2) is 0 Å². The molecule has 3 rings (SSSR count). The predicted octanol–water partition coefficient (Wildman–Crippen LogP) is 1.85. The number of likely N-dealkylation sites (tertiary alicyclic amines) is 1. The number of morpholine rings is 1. The van der Waals surface area contributed by atoms with E-state index in [4.69, 9.17) is 9.47 Å². The molecular weight excluding hydrogens is 304 g/mol. The summed E-state index contributed by atoms with van der Waals surface area (Å²) in [5.41, 5.74) is 1.27. The summed E-state index contributed by atoms with van der Waals surface area (Å²) in [7, 11) is 1.73. The van der Waals surface area contributed by atoms with Crippen LogP contribution in [0.5, 0.6) is 5.75 Å². The molecule has 2 heterocycles. The van der Waals surface area contributed by atoms with Crippen molar-refractivity contribution in [2.24, 2.45) is 5.92 Å². The summed E-state index contributed by atoms with van der Waals surface area (Å²) in [4.78, 5) is 14.5. The number of nitrogens with one attached hydrogen (secondary N) is 1. The highest BCUT2D eigenvalue weighted by molar-refractivity contribution is 5.77. The molecule has 1 aromatic carbocycles. The second kappa shape index (κ2) is 8.49. The number of para-hydroxylation sites is 1. The Balaban J connectivity index is 1.46. The Hall–Kier alpha value is -1.59. The van der Waals surface area contributed by atoms with Crippen molar-refractivity contribution in [3.63, 3.8) is 0 Å². The van der Waals surface area contributed by atoms with E-state index in [1.165, 1.54) is 5.56 Å². The predicted molar refractivity (Wildman–Crippen MR) is 93.2 cm³/mol. The molecule has 0 saturated carbocycles. The number of carbonyl (C=O) groups is 1. The van der Waals surface area contributed by atoms with Gasteiger partial charge in [0.25, 0.3) is 0 Å². The number of hydrogen-bond acceptors (Lipinski definition) is 4. The van der Waals surface area contributed by atoms with E-state index in [1.54, 1.807) is 7.11 Å². The average Bonchev–Trinajstić information content (AvgIpc) is 2.63. The van der Waals surface area contributed by atoms with Crippen molar-refractivity contribution >= 4 is 5.91 Å². The third kappa shape index (κ3) is 4.48. The first-order chi connectivity index (χ1) is 11.8. The number of hydrogen-bond donors (Lipinski definition) is 1. The van der Waals surface area contributed by atoms with Gasteiger partial charge in [-0.15, -0.1) is 0 Å². The summed E-state index contributed by atoms with van der Waals surface area (Å²) in [6, 6.07) is 8.42. The zero-order chi connectivity index (χ0) is 16.8. The molecule has 1 unspecified atom stereocenters. The second-order valence-electron chi connectivity index (χ2n) is 6.77. The van der Waals surface area contributed by atoms with Gasteiger partial charge in [0, 0.05) is 32.1 Å². The Labute approximate surface area is 144 Å². The number of carbonyl (C=O) groups excluding carboxylic acids is 1. The van der Waals surface area contributed by atoms with Gasteiger partial charge >= 0.3 is 0 Å². The zero-order valence-electron chi connectivity index (χ0n) is 14.5. The molecule has 24 heavy (non-hydrogen) atoms. The van der Waals surface area contributed by atoms with E-state index in [0.29, 0.717) is 18.9 Å². The highest BCUT2D eigenvalue weighted by atomic mass is 16.5. The fourth-order valence-corrected chi connectivity index (χ4v) is 3.66. The number of benzene rings is 1. The van der Waals surface area contributed by atoms with E-state index >= 15 is 0 Å². The van der Waals surface area contributed by atoms with E-state index in [2.05, 4.69) is 17.4 Å². The molecule has 5 nitrogen and oxygen atoms in total. The van der Waals surface area contributed by atoms with Crippen LogP contribution in [-0.2, 0) is 16.0 Å². The highest BCUT2D eigenvalue weighted by Crippen LogP contribution is 2.27. The van der Waals surface area contributed by atoms with Crippen molar-refractivity contribution in [1.29, 1.82) is 0 Å². The van der Waals surface area contributed by atoms with Crippen LogP contribution in [0.15, 0.2) is 24.3 Å². The first kappa shape index (κ1) is 17.2. The molecule has 0 radical (unpaired) electrons. The molecule has 2 aliphatic heterocycles. The van der Waals surface area contributed by atoms with Gasteiger partial charge in [-0.2, -0.15) is 0 Å². The fourth-order valence-electron chi connectivity index (χ4n) is 3.66. The molecule has 2 fully saturated rings. The van der Waals surface area contributed by atoms with Crippen molar-refractivity contribution in [3.8, 4) is 5.75 Å². The van der Waals surface area contributed by atoms with Gasteiger partial charge in [0.2, 0.25) is 5.91 Å². The van der Waals surface area contributed by atoms with Gasteiger partial charge in [0.05, 0.1) is 20.3 Å². The minimum atomic E-state index is 0.178. The number of piperidine rings is 1. The lowest BCUT2D eigenvalue weighted by atomic mass is 9.89. The Morgan fingerprint density at radius 3 is 2.83 bits per heavy atom. The maximum Gasteiger partial charge on any atom is 0.224 e. The first-order valence-corrected chi connectivity index (χ1v) is 8.97. The molecule has 0 spiro atoms. The summed E-state index contributed by atoms with van der Waals surface area (Å²) < 4.78 is 10.9. The molecule has 1 atom stereocenters. The van der Waals surface area contributed by atoms with E-state index in [9.17, 15) is 4.79 Å². The Bertz CT molecular complexity index is 535. The molecule has 1 N–H and O–H groups in total. The smallest absolute Gasteiger partial charge is 0.224 e. The van der Waals surface area contributed by atoms with Gasteiger partial charge in [-0.1, -0.05) is 18.2 Å². The molecule has 1 aromatic rings. The number of ether oxygens (including phenoxy) is 2. The van der Waals surface area contributed by atoms with Gasteiger partial charge < -0.3 is 19.7 Å². The lowest BCUT2D eigenvalue weighted by molar-refractivity contribution is -0.133. The maximum absolute atomic E-state index is 12.4. The minimum Gasteiger partial charge on any atom is -0.496 e. The molecular formula is C19H28N2O3. The zero-order valence-corrected chi connectivity index (χ0v) is 14.5. The quantitative estimate of drug-likeness (QED) is 0.894. The molecule has 1 amide bonds. The Kier molecular flexibility index (Phi) is 6.10. The second-order valence-corrected chi connectivity index (χ2v) is 6.77. The number of rotatable bonds is 5. The minimum absolute atomic E-state index is 0.178. The number of methoxy groups -OCH3 is 1. The Morgan fingerprint density at radius 2 is 2.12 bits per heavy atom. The van der Waals surface area contributed by atoms with Gasteiger partial charge in [0.1, 0.15) is 5.75 Å². The van der Waals surface area contributed by atoms with Crippen LogP contribution in [0.4, 0.5) is 0 Å². The fraction of sp³-hybridized carbons (Fsp3) is 0.632. The van der Waals surface area contributed by atoms with Gasteiger partial charge in [-0.05, 0) is 36.8 Å². The van der Waals surface area contributed by atoms with Crippen molar-refractivity contribution in [2.75, 3.05) is 40.0 Å². The molecule has 5 heteroatoms. The van der Waals surface area contributed by atoms with Crippen LogP contribution in [0.1, 0.15) is 24.8 Å². The van der Waals surface area contributed by atoms with E-state index in [1.807, 2.05) is 17.0 Å². The molecule has 0 aliphatic carbocycles. The van der Waals surface area contributed by atoms with Crippen molar-refractivity contribution in [1.82, 2.24) is 10.2 Å². The summed E-state index contributed by atoms with van der Waals surface area (Å²) in [5.74, 6) is 1.86.